The summed E-state index contributed by atoms with van der Waals surface area (Å²) in [4.78, 5) is 8.90. The first kappa shape index (κ1) is 14.2. The third-order valence-electron chi connectivity index (χ3n) is 3.64. The molecule has 3 rings (SSSR count). The Bertz CT molecular complexity index is 686. The lowest BCUT2D eigenvalue weighted by Crippen LogP contribution is -2.45. The quantitative estimate of drug-likeness (QED) is 0.912. The van der Waals surface area contributed by atoms with Crippen LogP contribution in [-0.4, -0.2) is 53.3 Å². The zero-order chi connectivity index (χ0) is 15.4. The van der Waals surface area contributed by atoms with Crippen LogP contribution < -0.4 is 10.2 Å². The van der Waals surface area contributed by atoms with Crippen molar-refractivity contribution >= 4 is 17.5 Å². The van der Waals surface area contributed by atoms with Crippen LogP contribution in [0.15, 0.2) is 30.5 Å². The molecular formula is C15H17N7. The van der Waals surface area contributed by atoms with Crippen LogP contribution in [0.1, 0.15) is 5.56 Å². The second-order valence-electron chi connectivity index (χ2n) is 5.21. The van der Waals surface area contributed by atoms with E-state index in [0.717, 1.165) is 31.9 Å². The van der Waals surface area contributed by atoms with Gasteiger partial charge in [-0.25, -0.2) is 0 Å². The molecule has 0 spiro atoms. The first-order valence-corrected chi connectivity index (χ1v) is 7.15. The van der Waals surface area contributed by atoms with Gasteiger partial charge in [-0.05, 0) is 19.2 Å². The summed E-state index contributed by atoms with van der Waals surface area (Å²) in [5.74, 6) is 1.21. The Morgan fingerprint density at radius 3 is 2.73 bits per heavy atom. The van der Waals surface area contributed by atoms with Gasteiger partial charge in [0.2, 0.25) is 5.95 Å². The topological polar surface area (TPSA) is 81.0 Å². The Labute approximate surface area is 129 Å². The van der Waals surface area contributed by atoms with Gasteiger partial charge in [0.05, 0.1) is 17.4 Å². The number of para-hydroxylation sites is 1. The molecule has 0 unspecified atom stereocenters. The predicted molar refractivity (Wildman–Crippen MR) is 84.0 cm³/mol. The standard InChI is InChI=1S/C15H17N7/c1-21-6-8-22(9-7-21)15-19-14(11-17-20-15)18-13-5-3-2-4-12(13)10-16/h2-5,11H,6-9H2,1H3,(H,18,19,20). The number of piperazine rings is 1. The molecule has 0 amide bonds. The Kier molecular flexibility index (Phi) is 4.12. The van der Waals surface area contributed by atoms with Crippen LogP contribution in [0.25, 0.3) is 0 Å². The van der Waals surface area contributed by atoms with Gasteiger partial charge in [-0.15, -0.1) is 5.10 Å². The maximum atomic E-state index is 9.13. The molecule has 0 aliphatic carbocycles. The molecule has 1 aromatic heterocycles. The van der Waals surface area contributed by atoms with Crippen molar-refractivity contribution in [1.29, 1.82) is 5.26 Å². The Hall–Kier alpha value is -2.72. The van der Waals surface area contributed by atoms with Crippen LogP contribution in [0.3, 0.4) is 0 Å². The Morgan fingerprint density at radius 1 is 1.18 bits per heavy atom. The van der Waals surface area contributed by atoms with E-state index in [-0.39, 0.29) is 0 Å². The molecule has 1 aliphatic heterocycles. The molecule has 1 aliphatic rings. The molecule has 0 radical (unpaired) electrons. The van der Waals surface area contributed by atoms with E-state index in [2.05, 4.69) is 43.4 Å². The van der Waals surface area contributed by atoms with Gasteiger partial charge >= 0.3 is 0 Å². The van der Waals surface area contributed by atoms with Crippen molar-refractivity contribution < 1.29 is 0 Å². The molecular weight excluding hydrogens is 278 g/mol. The minimum Gasteiger partial charge on any atom is -0.338 e. The summed E-state index contributed by atoms with van der Waals surface area (Å²) in [6, 6.07) is 9.47. The van der Waals surface area contributed by atoms with Gasteiger partial charge in [-0.1, -0.05) is 12.1 Å². The normalized spacial score (nSPS) is 15.4. The number of hydrogen-bond acceptors (Lipinski definition) is 7. The molecule has 1 N–H and O–H groups in total. The van der Waals surface area contributed by atoms with E-state index in [9.17, 15) is 0 Å². The highest BCUT2D eigenvalue weighted by molar-refractivity contribution is 5.64. The van der Waals surface area contributed by atoms with E-state index in [0.29, 0.717) is 17.3 Å². The van der Waals surface area contributed by atoms with E-state index < -0.39 is 0 Å². The number of likely N-dealkylation sites (N-methyl/N-ethyl adjacent to an activating group) is 1. The molecule has 1 aromatic carbocycles. The van der Waals surface area contributed by atoms with Crippen LogP contribution in [0.5, 0.6) is 0 Å². The van der Waals surface area contributed by atoms with Crippen LogP contribution in [0.4, 0.5) is 17.5 Å². The summed E-state index contributed by atoms with van der Waals surface area (Å²) < 4.78 is 0. The van der Waals surface area contributed by atoms with Gasteiger partial charge in [-0.3, -0.25) is 0 Å². The van der Waals surface area contributed by atoms with E-state index >= 15 is 0 Å². The first-order chi connectivity index (χ1) is 10.8. The van der Waals surface area contributed by atoms with Gasteiger partial charge in [0.15, 0.2) is 5.82 Å². The second-order valence-corrected chi connectivity index (χ2v) is 5.21. The fourth-order valence-corrected chi connectivity index (χ4v) is 2.32. The molecule has 112 valence electrons. The van der Waals surface area contributed by atoms with Crippen molar-refractivity contribution in [2.75, 3.05) is 43.4 Å². The number of hydrogen-bond donors (Lipinski definition) is 1. The maximum Gasteiger partial charge on any atom is 0.247 e. The van der Waals surface area contributed by atoms with Crippen molar-refractivity contribution in [2.24, 2.45) is 0 Å². The van der Waals surface area contributed by atoms with Crippen molar-refractivity contribution in [3.63, 3.8) is 0 Å². The summed E-state index contributed by atoms with van der Waals surface area (Å²) in [5, 5.41) is 20.4. The number of nitrogens with zero attached hydrogens (tertiary/aromatic N) is 6. The van der Waals surface area contributed by atoms with Gasteiger partial charge in [-0.2, -0.15) is 15.3 Å². The third-order valence-corrected chi connectivity index (χ3v) is 3.64. The lowest BCUT2D eigenvalue weighted by molar-refractivity contribution is 0.311. The largest absolute Gasteiger partial charge is 0.338 e. The monoisotopic (exact) mass is 295 g/mol. The molecule has 1 saturated heterocycles. The van der Waals surface area contributed by atoms with E-state index in [4.69, 9.17) is 5.26 Å². The van der Waals surface area contributed by atoms with E-state index in [1.54, 1.807) is 12.3 Å². The predicted octanol–water partition coefficient (Wildman–Crippen LogP) is 1.24. The summed E-state index contributed by atoms with van der Waals surface area (Å²) in [5.41, 5.74) is 1.29. The minimum atomic E-state index is 0.572. The molecule has 2 heterocycles. The van der Waals surface area contributed by atoms with Crippen molar-refractivity contribution in [3.8, 4) is 6.07 Å². The third kappa shape index (κ3) is 3.13. The molecule has 0 saturated carbocycles. The van der Waals surface area contributed by atoms with Crippen LogP contribution in [0.2, 0.25) is 0 Å². The summed E-state index contributed by atoms with van der Waals surface area (Å²) in [7, 11) is 2.10. The minimum absolute atomic E-state index is 0.572. The Balaban J connectivity index is 1.78. The van der Waals surface area contributed by atoms with Gasteiger partial charge in [0.25, 0.3) is 0 Å². The van der Waals surface area contributed by atoms with Crippen LogP contribution in [-0.2, 0) is 0 Å². The zero-order valence-corrected chi connectivity index (χ0v) is 12.4. The highest BCUT2D eigenvalue weighted by atomic mass is 15.4. The van der Waals surface area contributed by atoms with Gasteiger partial charge in [0, 0.05) is 26.2 Å². The summed E-state index contributed by atoms with van der Waals surface area (Å²) in [6.45, 7) is 3.74. The smallest absolute Gasteiger partial charge is 0.247 e. The summed E-state index contributed by atoms with van der Waals surface area (Å²) >= 11 is 0. The van der Waals surface area contributed by atoms with E-state index in [1.807, 2.05) is 18.2 Å². The number of anilines is 3. The number of nitriles is 1. The highest BCUT2D eigenvalue weighted by Crippen LogP contribution is 2.19. The van der Waals surface area contributed by atoms with Crippen molar-refractivity contribution in [3.05, 3.63) is 36.0 Å². The van der Waals surface area contributed by atoms with Crippen molar-refractivity contribution in [1.82, 2.24) is 20.1 Å². The SMILES string of the molecule is CN1CCN(c2nncc(Nc3ccccc3C#N)n2)CC1. The highest BCUT2D eigenvalue weighted by Gasteiger charge is 2.17. The number of aromatic nitrogens is 3. The summed E-state index contributed by atoms with van der Waals surface area (Å²) in [6.07, 6.45) is 1.56. The number of nitrogens with one attached hydrogen (secondary N) is 1. The first-order valence-electron chi connectivity index (χ1n) is 7.15. The van der Waals surface area contributed by atoms with E-state index in [1.165, 1.54) is 0 Å². The average Bonchev–Trinajstić information content (AvgIpc) is 2.56. The molecule has 7 nitrogen and oxygen atoms in total. The fourth-order valence-electron chi connectivity index (χ4n) is 2.32. The molecule has 22 heavy (non-hydrogen) atoms. The molecule has 7 heteroatoms. The molecule has 1 fully saturated rings. The lowest BCUT2D eigenvalue weighted by atomic mass is 10.2. The molecule has 0 bridgehead atoms. The van der Waals surface area contributed by atoms with Crippen molar-refractivity contribution in [2.45, 2.75) is 0 Å². The Morgan fingerprint density at radius 2 is 1.95 bits per heavy atom. The number of rotatable bonds is 3. The van der Waals surface area contributed by atoms with Gasteiger partial charge in [0.1, 0.15) is 6.07 Å². The molecule has 0 atom stereocenters. The maximum absolute atomic E-state index is 9.13. The molecule has 2 aromatic rings. The average molecular weight is 295 g/mol. The zero-order valence-electron chi connectivity index (χ0n) is 12.4. The fraction of sp³-hybridized carbons (Fsp3) is 0.333. The van der Waals surface area contributed by atoms with Gasteiger partial charge < -0.3 is 15.1 Å². The second kappa shape index (κ2) is 6.37. The van der Waals surface area contributed by atoms with Crippen LogP contribution >= 0.6 is 0 Å². The van der Waals surface area contributed by atoms with Crippen LogP contribution in [0, 0.1) is 11.3 Å². The lowest BCUT2D eigenvalue weighted by Gasteiger charge is -2.32. The number of benzene rings is 1.